The molecule has 3 aromatic rings. The molecule has 0 fully saturated rings. The molecule has 0 radical (unpaired) electrons. The van der Waals surface area contributed by atoms with Crippen LogP contribution >= 0.6 is 0 Å². The highest BCUT2D eigenvalue weighted by atomic mass is 19.4. The summed E-state index contributed by atoms with van der Waals surface area (Å²) in [4.78, 5) is 41.2. The Balaban J connectivity index is 1.74. The van der Waals surface area contributed by atoms with Crippen LogP contribution in [0.2, 0.25) is 0 Å². The van der Waals surface area contributed by atoms with Crippen LogP contribution in [-0.4, -0.2) is 36.4 Å². The maximum absolute atomic E-state index is 14.0. The van der Waals surface area contributed by atoms with Crippen molar-refractivity contribution in [3.8, 4) is 6.07 Å². The summed E-state index contributed by atoms with van der Waals surface area (Å²) in [6, 6.07) is 18.6. The molecule has 3 N–H and O–H groups in total. The van der Waals surface area contributed by atoms with Crippen molar-refractivity contribution in [1.82, 2.24) is 5.32 Å². The van der Waals surface area contributed by atoms with Crippen LogP contribution in [0.15, 0.2) is 72.8 Å². The lowest BCUT2D eigenvalue weighted by atomic mass is 9.81. The number of primary amides is 1. The van der Waals surface area contributed by atoms with Crippen molar-refractivity contribution >= 4 is 29.0 Å². The quantitative estimate of drug-likeness (QED) is 0.317. The van der Waals surface area contributed by atoms with E-state index in [0.717, 1.165) is 0 Å². The molecule has 1 aliphatic heterocycles. The molecule has 1 aliphatic rings. The molecule has 0 saturated carbocycles. The SMILES string of the molecule is N#Cc1cccc(N2C[C@H](NC(=O)[C@H](CCC(F)(F)F)[C@@H](C(N)=O)c3ccccc3)C(=O)Cc3c(C(F)F)cccc32)c1. The van der Waals surface area contributed by atoms with E-state index in [4.69, 9.17) is 5.73 Å². The van der Waals surface area contributed by atoms with Gasteiger partial charge < -0.3 is 16.0 Å². The maximum Gasteiger partial charge on any atom is 0.389 e. The van der Waals surface area contributed by atoms with E-state index < -0.39 is 67.3 Å². The first kappa shape index (κ1) is 31.2. The topological polar surface area (TPSA) is 116 Å². The molecule has 7 nitrogen and oxygen atoms in total. The summed E-state index contributed by atoms with van der Waals surface area (Å²) >= 11 is 0. The van der Waals surface area contributed by atoms with Crippen LogP contribution in [0.3, 0.4) is 0 Å². The number of hydrogen-bond donors (Lipinski definition) is 2. The summed E-state index contributed by atoms with van der Waals surface area (Å²) in [5.74, 6) is -5.72. The zero-order valence-corrected chi connectivity index (χ0v) is 22.7. The normalized spacial score (nSPS) is 16.5. The Morgan fingerprint density at radius 1 is 1.05 bits per heavy atom. The van der Waals surface area contributed by atoms with Gasteiger partial charge in [-0.3, -0.25) is 14.4 Å². The van der Waals surface area contributed by atoms with E-state index in [1.54, 1.807) is 30.3 Å². The first-order valence-electron chi connectivity index (χ1n) is 13.3. The molecular formula is C31H27F5N4O3. The molecule has 0 spiro atoms. The van der Waals surface area contributed by atoms with Gasteiger partial charge in [0.25, 0.3) is 6.43 Å². The first-order valence-corrected chi connectivity index (χ1v) is 13.3. The minimum atomic E-state index is -4.65. The van der Waals surface area contributed by atoms with Crippen molar-refractivity contribution in [2.75, 3.05) is 11.4 Å². The number of anilines is 2. The number of fused-ring (bicyclic) bond motifs is 1. The molecule has 0 saturated heterocycles. The number of rotatable bonds is 9. The number of carbonyl (C=O) groups excluding carboxylic acids is 3. The predicted molar refractivity (Wildman–Crippen MR) is 147 cm³/mol. The van der Waals surface area contributed by atoms with Crippen molar-refractivity contribution in [1.29, 1.82) is 5.26 Å². The zero-order chi connectivity index (χ0) is 31.3. The third-order valence-electron chi connectivity index (χ3n) is 7.36. The van der Waals surface area contributed by atoms with Gasteiger partial charge in [0.15, 0.2) is 5.78 Å². The van der Waals surface area contributed by atoms with E-state index in [-0.39, 0.29) is 34.5 Å². The minimum absolute atomic E-state index is 0.0227. The lowest BCUT2D eigenvalue weighted by molar-refractivity contribution is -0.144. The van der Waals surface area contributed by atoms with Gasteiger partial charge in [0.1, 0.15) is 6.04 Å². The number of benzene rings is 3. The second kappa shape index (κ2) is 13.0. The maximum atomic E-state index is 14.0. The Kier molecular flexibility index (Phi) is 9.43. The summed E-state index contributed by atoms with van der Waals surface area (Å²) < 4.78 is 67.9. The number of nitrogens with one attached hydrogen (secondary N) is 1. The third-order valence-corrected chi connectivity index (χ3v) is 7.36. The zero-order valence-electron chi connectivity index (χ0n) is 22.7. The second-order valence-corrected chi connectivity index (χ2v) is 10.2. The molecule has 0 aliphatic carbocycles. The average molecular weight is 599 g/mol. The van der Waals surface area contributed by atoms with Crippen LogP contribution in [0, 0.1) is 17.2 Å². The van der Waals surface area contributed by atoms with Gasteiger partial charge in [-0.1, -0.05) is 48.5 Å². The highest BCUT2D eigenvalue weighted by Gasteiger charge is 2.40. The Labute approximate surface area is 244 Å². The second-order valence-electron chi connectivity index (χ2n) is 10.2. The van der Waals surface area contributed by atoms with Gasteiger partial charge in [-0.15, -0.1) is 0 Å². The van der Waals surface area contributed by atoms with Gasteiger partial charge in [-0.25, -0.2) is 8.78 Å². The van der Waals surface area contributed by atoms with Crippen molar-refractivity contribution in [2.24, 2.45) is 11.7 Å². The molecule has 0 unspecified atom stereocenters. The highest BCUT2D eigenvalue weighted by Crippen LogP contribution is 2.38. The van der Waals surface area contributed by atoms with Crippen LogP contribution < -0.4 is 16.0 Å². The lowest BCUT2D eigenvalue weighted by Crippen LogP contribution is -2.50. The number of ketones is 1. The van der Waals surface area contributed by atoms with Gasteiger partial charge in [0.05, 0.1) is 30.0 Å². The largest absolute Gasteiger partial charge is 0.389 e. The number of hydrogen-bond acceptors (Lipinski definition) is 5. The highest BCUT2D eigenvalue weighted by molar-refractivity contribution is 5.96. The minimum Gasteiger partial charge on any atom is -0.369 e. The van der Waals surface area contributed by atoms with E-state index in [2.05, 4.69) is 5.32 Å². The van der Waals surface area contributed by atoms with Crippen molar-refractivity contribution in [3.05, 3.63) is 95.1 Å². The number of amides is 2. The third kappa shape index (κ3) is 7.35. The first-order chi connectivity index (χ1) is 20.4. The fourth-order valence-corrected chi connectivity index (χ4v) is 5.34. The number of nitrogens with zero attached hydrogens (tertiary/aromatic N) is 2. The van der Waals surface area contributed by atoms with Crippen LogP contribution in [0.4, 0.5) is 33.3 Å². The number of alkyl halides is 5. The molecule has 0 bridgehead atoms. The lowest BCUT2D eigenvalue weighted by Gasteiger charge is -2.30. The molecule has 12 heteroatoms. The predicted octanol–water partition coefficient (Wildman–Crippen LogP) is 5.47. The van der Waals surface area contributed by atoms with E-state index in [9.17, 15) is 41.6 Å². The van der Waals surface area contributed by atoms with Crippen LogP contribution in [0.1, 0.15) is 47.4 Å². The Hall–Kier alpha value is -4.79. The van der Waals surface area contributed by atoms with E-state index in [1.165, 1.54) is 47.4 Å². The smallest absolute Gasteiger partial charge is 0.369 e. The Bertz CT molecular complexity index is 1540. The summed E-state index contributed by atoms with van der Waals surface area (Å²) in [5, 5.41) is 11.9. The average Bonchev–Trinajstić information content (AvgIpc) is 3.10. The van der Waals surface area contributed by atoms with Crippen LogP contribution in [0.5, 0.6) is 0 Å². The van der Waals surface area contributed by atoms with E-state index >= 15 is 0 Å². The molecule has 4 rings (SSSR count). The fraction of sp³-hybridized carbons (Fsp3) is 0.290. The number of nitrogens with two attached hydrogens (primary N) is 1. The number of Topliss-reactive ketones (excluding diaryl/α,β-unsaturated/α-hetero) is 1. The molecule has 3 atom stereocenters. The van der Waals surface area contributed by atoms with Gasteiger partial charge in [-0.05, 0) is 41.8 Å². The summed E-state index contributed by atoms with van der Waals surface area (Å²) in [6.07, 6.45) is -10.2. The molecule has 3 aromatic carbocycles. The van der Waals surface area contributed by atoms with Gasteiger partial charge in [-0.2, -0.15) is 18.4 Å². The fourth-order valence-electron chi connectivity index (χ4n) is 5.34. The summed E-state index contributed by atoms with van der Waals surface area (Å²) in [7, 11) is 0. The Morgan fingerprint density at radius 3 is 2.37 bits per heavy atom. The van der Waals surface area contributed by atoms with E-state index in [1.807, 2.05) is 6.07 Å². The van der Waals surface area contributed by atoms with Crippen LogP contribution in [-0.2, 0) is 20.8 Å². The standard InChI is InChI=1S/C31H27F5N4O3/c32-28(33)21-10-5-11-25-23(21)15-26(41)24(17-40(25)20-9-4-6-18(14-20)16-37)39-30(43)22(12-13-31(34,35)36)27(29(38)42)19-7-2-1-3-8-19/h1-11,14,22,24,27-28H,12-13,15,17H2,(H2,38,42)(H,39,43)/t22-,24+,27+/m1/s1. The molecular weight excluding hydrogens is 571 g/mol. The molecule has 1 heterocycles. The molecule has 224 valence electrons. The van der Waals surface area contributed by atoms with Gasteiger partial charge in [0.2, 0.25) is 11.8 Å². The Morgan fingerprint density at radius 2 is 1.74 bits per heavy atom. The van der Waals surface area contributed by atoms with Crippen molar-refractivity contribution in [2.45, 2.75) is 43.8 Å². The van der Waals surface area contributed by atoms with Crippen molar-refractivity contribution in [3.63, 3.8) is 0 Å². The number of carbonyl (C=O) groups is 3. The van der Waals surface area contributed by atoms with E-state index in [0.29, 0.717) is 5.69 Å². The number of halogens is 5. The summed E-state index contributed by atoms with van der Waals surface area (Å²) in [5.41, 5.74) is 6.33. The van der Waals surface area contributed by atoms with Gasteiger partial charge >= 0.3 is 6.18 Å². The van der Waals surface area contributed by atoms with Crippen LogP contribution in [0.25, 0.3) is 0 Å². The molecule has 2 amide bonds. The summed E-state index contributed by atoms with van der Waals surface area (Å²) in [6.45, 7) is -0.280. The van der Waals surface area contributed by atoms with Gasteiger partial charge in [0, 0.05) is 29.8 Å². The number of nitriles is 1. The molecule has 0 aromatic heterocycles. The van der Waals surface area contributed by atoms with Crippen molar-refractivity contribution < 1.29 is 36.3 Å². The monoisotopic (exact) mass is 598 g/mol. The molecule has 43 heavy (non-hydrogen) atoms.